The molecule has 1 N–H and O–H groups in total. The van der Waals surface area contributed by atoms with Crippen molar-refractivity contribution in [2.75, 3.05) is 13.1 Å². The molecule has 4 rings (SSSR count). The zero-order chi connectivity index (χ0) is 17.9. The van der Waals surface area contributed by atoms with E-state index in [1.165, 1.54) is 16.3 Å². The average Bonchev–Trinajstić information content (AvgIpc) is 3.11. The quantitative estimate of drug-likeness (QED) is 0.781. The minimum atomic E-state index is -0.309. The molecule has 0 saturated carbocycles. The molecular formula is C20H21FN4O. The van der Waals surface area contributed by atoms with E-state index in [1.54, 1.807) is 30.5 Å². The first kappa shape index (κ1) is 16.7. The number of aromatic hydroxyl groups is 1. The lowest BCUT2D eigenvalue weighted by molar-refractivity contribution is 0.202. The van der Waals surface area contributed by atoms with Gasteiger partial charge in [0.2, 0.25) is 0 Å². The maximum atomic E-state index is 13.9. The Morgan fingerprint density at radius 3 is 2.65 bits per heavy atom. The molecule has 6 heteroatoms. The lowest BCUT2D eigenvalue weighted by Crippen LogP contribution is -2.32. The number of phenolic OH excluding ortho intramolecular Hbond substituents is 1. The molecular weight excluding hydrogens is 331 g/mol. The van der Waals surface area contributed by atoms with Gasteiger partial charge in [-0.05, 0) is 61.7 Å². The van der Waals surface area contributed by atoms with E-state index in [-0.39, 0.29) is 5.82 Å². The first-order valence-electron chi connectivity index (χ1n) is 8.86. The van der Waals surface area contributed by atoms with Crippen LogP contribution in [0.2, 0.25) is 0 Å². The number of hydrogen-bond acceptors (Lipinski definition) is 4. The molecule has 1 fully saturated rings. The van der Waals surface area contributed by atoms with Crippen LogP contribution in [0.1, 0.15) is 30.0 Å². The summed E-state index contributed by atoms with van der Waals surface area (Å²) in [5.74, 6) is 0.498. The van der Waals surface area contributed by atoms with Crippen molar-refractivity contribution in [3.63, 3.8) is 0 Å². The molecule has 1 aromatic heterocycles. The highest BCUT2D eigenvalue weighted by molar-refractivity contribution is 5.32. The third kappa shape index (κ3) is 3.60. The molecule has 5 nitrogen and oxygen atoms in total. The van der Waals surface area contributed by atoms with Gasteiger partial charge in [-0.15, -0.1) is 5.10 Å². The average molecular weight is 352 g/mol. The van der Waals surface area contributed by atoms with Crippen molar-refractivity contribution in [1.82, 2.24) is 19.9 Å². The predicted octanol–water partition coefficient (Wildman–Crippen LogP) is 3.49. The summed E-state index contributed by atoms with van der Waals surface area (Å²) in [6.07, 6.45) is 3.88. The molecule has 26 heavy (non-hydrogen) atoms. The van der Waals surface area contributed by atoms with Crippen LogP contribution in [0.25, 0.3) is 5.69 Å². The van der Waals surface area contributed by atoms with Crippen molar-refractivity contribution < 1.29 is 9.50 Å². The second-order valence-electron chi connectivity index (χ2n) is 6.75. The molecule has 134 valence electrons. The van der Waals surface area contributed by atoms with Gasteiger partial charge in [-0.3, -0.25) is 4.90 Å². The predicted molar refractivity (Wildman–Crippen MR) is 96.7 cm³/mol. The second-order valence-corrected chi connectivity index (χ2v) is 6.75. The molecule has 0 aliphatic carbocycles. The number of piperidine rings is 1. The standard InChI is InChI=1S/C20H21FN4O/c21-19-6-1-2-7-20(19)25-14-17(22-23-25)13-24-10-8-15(9-11-24)16-4-3-5-18(26)12-16/h1-7,12,14-15,26H,8-11,13H2. The molecule has 1 aliphatic rings. The Morgan fingerprint density at radius 2 is 1.88 bits per heavy atom. The SMILES string of the molecule is Oc1cccc(C2CCN(Cc3cn(-c4ccccc4F)nn3)CC2)c1. The Kier molecular flexibility index (Phi) is 4.67. The fraction of sp³-hybridized carbons (Fsp3) is 0.300. The summed E-state index contributed by atoms with van der Waals surface area (Å²) in [4.78, 5) is 2.34. The number of likely N-dealkylation sites (tertiary alicyclic amines) is 1. The molecule has 1 saturated heterocycles. The van der Waals surface area contributed by atoms with Gasteiger partial charge in [0.25, 0.3) is 0 Å². The Bertz CT molecular complexity index is 887. The van der Waals surface area contributed by atoms with Gasteiger partial charge in [0.05, 0.1) is 11.9 Å². The summed E-state index contributed by atoms with van der Waals surface area (Å²) in [6, 6.07) is 14.1. The lowest BCUT2D eigenvalue weighted by atomic mass is 9.89. The van der Waals surface area contributed by atoms with Crippen molar-refractivity contribution in [2.24, 2.45) is 0 Å². The van der Waals surface area contributed by atoms with Gasteiger partial charge in [0, 0.05) is 6.54 Å². The number of para-hydroxylation sites is 1. The van der Waals surface area contributed by atoms with Crippen LogP contribution in [0.4, 0.5) is 4.39 Å². The van der Waals surface area contributed by atoms with E-state index in [4.69, 9.17) is 0 Å². The van der Waals surface area contributed by atoms with Crippen LogP contribution in [0.15, 0.2) is 54.7 Å². The Morgan fingerprint density at radius 1 is 1.08 bits per heavy atom. The monoisotopic (exact) mass is 352 g/mol. The van der Waals surface area contributed by atoms with Gasteiger partial charge in [0.1, 0.15) is 17.3 Å². The molecule has 0 bridgehead atoms. The van der Waals surface area contributed by atoms with Crippen molar-refractivity contribution in [1.29, 1.82) is 0 Å². The van der Waals surface area contributed by atoms with Crippen molar-refractivity contribution in [3.8, 4) is 11.4 Å². The van der Waals surface area contributed by atoms with Crippen LogP contribution in [0.3, 0.4) is 0 Å². The smallest absolute Gasteiger partial charge is 0.148 e. The molecule has 0 unspecified atom stereocenters. The fourth-order valence-electron chi connectivity index (χ4n) is 3.56. The maximum absolute atomic E-state index is 13.9. The number of phenols is 1. The Labute approximate surface area is 151 Å². The Hall–Kier alpha value is -2.73. The van der Waals surface area contributed by atoms with E-state index >= 15 is 0 Å². The summed E-state index contributed by atoms with van der Waals surface area (Å²) in [5, 5.41) is 17.9. The van der Waals surface area contributed by atoms with Crippen LogP contribution in [0, 0.1) is 5.82 Å². The van der Waals surface area contributed by atoms with Crippen molar-refractivity contribution >= 4 is 0 Å². The minimum absolute atomic E-state index is 0.309. The topological polar surface area (TPSA) is 54.2 Å². The largest absolute Gasteiger partial charge is 0.508 e. The lowest BCUT2D eigenvalue weighted by Gasteiger charge is -2.31. The third-order valence-electron chi connectivity index (χ3n) is 4.95. The number of benzene rings is 2. The molecule has 0 amide bonds. The maximum Gasteiger partial charge on any atom is 0.148 e. The summed E-state index contributed by atoms with van der Waals surface area (Å²) in [5.41, 5.74) is 2.45. The number of rotatable bonds is 4. The number of nitrogens with zero attached hydrogens (tertiary/aromatic N) is 4. The van der Waals surface area contributed by atoms with Crippen LogP contribution in [0.5, 0.6) is 5.75 Å². The summed E-state index contributed by atoms with van der Waals surface area (Å²) in [7, 11) is 0. The van der Waals surface area contributed by atoms with Crippen molar-refractivity contribution in [2.45, 2.75) is 25.3 Å². The molecule has 3 aromatic rings. The number of hydrogen-bond donors (Lipinski definition) is 1. The molecule has 1 aliphatic heterocycles. The fourth-order valence-corrected chi connectivity index (χ4v) is 3.56. The zero-order valence-corrected chi connectivity index (χ0v) is 14.4. The van der Waals surface area contributed by atoms with Crippen molar-refractivity contribution in [3.05, 3.63) is 71.8 Å². The third-order valence-corrected chi connectivity index (χ3v) is 4.95. The van der Waals surface area contributed by atoms with E-state index < -0.39 is 0 Å². The van der Waals surface area contributed by atoms with Gasteiger partial charge in [-0.2, -0.15) is 0 Å². The summed E-state index contributed by atoms with van der Waals surface area (Å²) < 4.78 is 15.3. The molecule has 0 spiro atoms. The van der Waals surface area contributed by atoms with Crippen LogP contribution in [-0.4, -0.2) is 38.1 Å². The number of halogens is 1. The highest BCUT2D eigenvalue weighted by Crippen LogP contribution is 2.30. The van der Waals surface area contributed by atoms with E-state index in [0.29, 0.717) is 23.9 Å². The zero-order valence-electron chi connectivity index (χ0n) is 14.4. The van der Waals surface area contributed by atoms with E-state index in [1.807, 2.05) is 12.1 Å². The van der Waals surface area contributed by atoms with Gasteiger partial charge in [-0.1, -0.05) is 29.5 Å². The molecule has 2 aromatic carbocycles. The highest BCUT2D eigenvalue weighted by Gasteiger charge is 2.21. The summed E-state index contributed by atoms with van der Waals surface area (Å²) >= 11 is 0. The molecule has 0 atom stereocenters. The van der Waals surface area contributed by atoms with Gasteiger partial charge in [0.15, 0.2) is 0 Å². The van der Waals surface area contributed by atoms with Gasteiger partial charge < -0.3 is 5.11 Å². The van der Waals surface area contributed by atoms with E-state index in [0.717, 1.165) is 31.6 Å². The van der Waals surface area contributed by atoms with Crippen LogP contribution < -0.4 is 0 Å². The normalized spacial score (nSPS) is 16.0. The van der Waals surface area contributed by atoms with E-state index in [2.05, 4.69) is 21.3 Å². The van der Waals surface area contributed by atoms with Crippen LogP contribution in [-0.2, 0) is 6.54 Å². The second kappa shape index (κ2) is 7.25. The minimum Gasteiger partial charge on any atom is -0.508 e. The summed E-state index contributed by atoms with van der Waals surface area (Å²) in [6.45, 7) is 2.64. The van der Waals surface area contributed by atoms with Gasteiger partial charge in [-0.25, -0.2) is 9.07 Å². The highest BCUT2D eigenvalue weighted by atomic mass is 19.1. The van der Waals surface area contributed by atoms with Gasteiger partial charge >= 0.3 is 0 Å². The molecule has 0 radical (unpaired) electrons. The first-order chi connectivity index (χ1) is 12.7. The van der Waals surface area contributed by atoms with Crippen LogP contribution >= 0.6 is 0 Å². The van der Waals surface area contributed by atoms with E-state index in [9.17, 15) is 9.50 Å². The molecule has 2 heterocycles. The number of aromatic nitrogens is 3. The first-order valence-corrected chi connectivity index (χ1v) is 8.86. The Balaban J connectivity index is 1.37.